The van der Waals surface area contributed by atoms with Crippen LogP contribution in [0.1, 0.15) is 46.7 Å². The number of hydrogen-bond donors (Lipinski definition) is 0. The lowest BCUT2D eigenvalue weighted by Gasteiger charge is -2.24. The van der Waals surface area contributed by atoms with Gasteiger partial charge in [0.25, 0.3) is 0 Å². The summed E-state index contributed by atoms with van der Waals surface area (Å²) in [5.74, 6) is -2.76. The summed E-state index contributed by atoms with van der Waals surface area (Å²) in [6, 6.07) is 13.1. The number of thiophene rings is 1. The predicted molar refractivity (Wildman–Crippen MR) is 147 cm³/mol. The van der Waals surface area contributed by atoms with E-state index < -0.39 is 34.1 Å². The number of carbonyl (C=O) groups is 1. The number of hydrogen-bond acceptors (Lipinski definition) is 8. The number of methoxy groups -OCH3 is 1. The maximum absolute atomic E-state index is 12.7. The van der Waals surface area contributed by atoms with Crippen LogP contribution in [0.5, 0.6) is 11.5 Å². The highest BCUT2D eigenvalue weighted by atomic mass is 35.5. The van der Waals surface area contributed by atoms with E-state index in [-0.39, 0.29) is 16.4 Å². The molecule has 1 atom stereocenters. The maximum Gasteiger partial charge on any atom is 0.406 e. The molecule has 7 nitrogen and oxygen atoms in total. The standard InChI is InChI=1S/C27H25ClF3NO6S2/c1-17(20-9-5-6-10-21(20)28)37-23-15-24(39-25(23)26(33)36-2)32-13-7-3-4-8-18-11-12-19(14-22(18)32)38-40(34,35)16-27(29,30)31/h5-7,9-15,17H,3-4,8,16H2,1-2H3. The molecule has 0 amide bonds. The van der Waals surface area contributed by atoms with Gasteiger partial charge in [-0.2, -0.15) is 21.6 Å². The quantitative estimate of drug-likeness (QED) is 0.191. The van der Waals surface area contributed by atoms with Crippen LogP contribution in [0.15, 0.2) is 60.8 Å². The van der Waals surface area contributed by atoms with Crippen LogP contribution in [0.3, 0.4) is 0 Å². The van der Waals surface area contributed by atoms with Gasteiger partial charge >= 0.3 is 22.3 Å². The van der Waals surface area contributed by atoms with Gasteiger partial charge in [-0.25, -0.2) is 4.79 Å². The summed E-state index contributed by atoms with van der Waals surface area (Å²) in [5, 5.41) is 1.02. The number of esters is 1. The molecule has 40 heavy (non-hydrogen) atoms. The van der Waals surface area contributed by atoms with Crippen molar-refractivity contribution >= 4 is 49.7 Å². The molecule has 0 spiro atoms. The van der Waals surface area contributed by atoms with Crippen LogP contribution in [0, 0.1) is 0 Å². The molecule has 0 saturated carbocycles. The van der Waals surface area contributed by atoms with E-state index in [1.807, 2.05) is 18.2 Å². The Kier molecular flexibility index (Phi) is 9.01. The Hall–Kier alpha value is -3.22. The number of benzene rings is 2. The van der Waals surface area contributed by atoms with Gasteiger partial charge in [0.05, 0.1) is 12.8 Å². The van der Waals surface area contributed by atoms with Gasteiger partial charge in [-0.1, -0.05) is 41.9 Å². The number of halogens is 4. The van der Waals surface area contributed by atoms with Crippen molar-refractivity contribution in [3.8, 4) is 11.5 Å². The normalized spacial score (nSPS) is 14.6. The molecular weight excluding hydrogens is 591 g/mol. The Balaban J connectivity index is 1.74. The summed E-state index contributed by atoms with van der Waals surface area (Å²) in [6.07, 6.45) is 0.348. The first-order valence-electron chi connectivity index (χ1n) is 12.1. The van der Waals surface area contributed by atoms with Gasteiger partial charge in [0.1, 0.15) is 22.6 Å². The SMILES string of the molecule is COC(=O)c1sc(N2C=CCCCc3ccc(OS(=O)(=O)CC(F)(F)F)cc32)cc1OC(C)c1ccccc1Cl. The molecule has 0 aliphatic carbocycles. The number of nitrogens with zero attached hydrogens (tertiary/aromatic N) is 1. The molecule has 13 heteroatoms. The molecular formula is C27H25ClF3NO6S2. The lowest BCUT2D eigenvalue weighted by atomic mass is 10.0. The van der Waals surface area contributed by atoms with E-state index in [9.17, 15) is 26.4 Å². The molecule has 0 saturated heterocycles. The number of ether oxygens (including phenoxy) is 2. The van der Waals surface area contributed by atoms with E-state index in [0.717, 1.165) is 29.7 Å². The fourth-order valence-corrected chi connectivity index (χ4v) is 6.29. The third kappa shape index (κ3) is 7.29. The first-order chi connectivity index (χ1) is 18.9. The first kappa shape index (κ1) is 29.8. The molecule has 2 heterocycles. The van der Waals surface area contributed by atoms with Crippen LogP contribution in [0.25, 0.3) is 0 Å². The monoisotopic (exact) mass is 615 g/mol. The minimum atomic E-state index is -4.95. The first-order valence-corrected chi connectivity index (χ1v) is 14.8. The van der Waals surface area contributed by atoms with E-state index >= 15 is 0 Å². The summed E-state index contributed by atoms with van der Waals surface area (Å²) < 4.78 is 78.1. The molecule has 3 aromatic rings. The number of rotatable bonds is 8. The highest BCUT2D eigenvalue weighted by Gasteiger charge is 2.36. The van der Waals surface area contributed by atoms with Crippen molar-refractivity contribution in [2.24, 2.45) is 0 Å². The number of fused-ring (bicyclic) bond motifs is 1. The molecule has 2 aromatic carbocycles. The van der Waals surface area contributed by atoms with E-state index in [4.69, 9.17) is 25.3 Å². The fourth-order valence-electron chi connectivity index (χ4n) is 4.13. The zero-order valence-corrected chi connectivity index (χ0v) is 23.8. The molecule has 1 aliphatic heterocycles. The van der Waals surface area contributed by atoms with Crippen molar-refractivity contribution in [3.63, 3.8) is 0 Å². The van der Waals surface area contributed by atoms with Gasteiger partial charge in [0.2, 0.25) is 0 Å². The van der Waals surface area contributed by atoms with Crippen LogP contribution in [-0.2, 0) is 21.3 Å². The average Bonchev–Trinajstić information content (AvgIpc) is 3.26. The lowest BCUT2D eigenvalue weighted by molar-refractivity contribution is -0.107. The van der Waals surface area contributed by atoms with Gasteiger partial charge in [-0.05, 0) is 43.9 Å². The molecule has 0 bridgehead atoms. The predicted octanol–water partition coefficient (Wildman–Crippen LogP) is 7.59. The van der Waals surface area contributed by atoms with Crippen molar-refractivity contribution in [2.75, 3.05) is 17.8 Å². The van der Waals surface area contributed by atoms with Crippen molar-refractivity contribution in [1.29, 1.82) is 0 Å². The maximum atomic E-state index is 12.7. The van der Waals surface area contributed by atoms with Gasteiger partial charge in [-0.15, -0.1) is 11.3 Å². The second-order valence-electron chi connectivity index (χ2n) is 8.89. The van der Waals surface area contributed by atoms with Gasteiger partial charge in [0.15, 0.2) is 10.6 Å². The summed E-state index contributed by atoms with van der Waals surface area (Å²) in [4.78, 5) is 14.6. The van der Waals surface area contributed by atoms with Crippen LogP contribution in [0.4, 0.5) is 23.9 Å². The highest BCUT2D eigenvalue weighted by Crippen LogP contribution is 2.44. The lowest BCUT2D eigenvalue weighted by Crippen LogP contribution is -2.26. The molecule has 214 valence electrons. The molecule has 0 N–H and O–H groups in total. The molecule has 1 aliphatic rings. The molecule has 1 aromatic heterocycles. The van der Waals surface area contributed by atoms with E-state index in [1.54, 1.807) is 42.3 Å². The Morgan fingerprint density at radius 3 is 2.62 bits per heavy atom. The minimum Gasteiger partial charge on any atom is -0.484 e. The Morgan fingerprint density at radius 2 is 1.93 bits per heavy atom. The molecule has 0 fully saturated rings. The molecule has 1 unspecified atom stereocenters. The largest absolute Gasteiger partial charge is 0.484 e. The van der Waals surface area contributed by atoms with Gasteiger partial charge < -0.3 is 18.6 Å². The van der Waals surface area contributed by atoms with Crippen LogP contribution in [-0.4, -0.2) is 33.4 Å². The van der Waals surface area contributed by atoms with Crippen molar-refractivity contribution in [2.45, 2.75) is 38.5 Å². The van der Waals surface area contributed by atoms with Crippen LogP contribution < -0.4 is 13.8 Å². The van der Waals surface area contributed by atoms with E-state index in [2.05, 4.69) is 0 Å². The van der Waals surface area contributed by atoms with Crippen LogP contribution in [0.2, 0.25) is 5.02 Å². The highest BCUT2D eigenvalue weighted by molar-refractivity contribution is 7.87. The summed E-state index contributed by atoms with van der Waals surface area (Å²) in [7, 11) is -3.68. The summed E-state index contributed by atoms with van der Waals surface area (Å²) in [5.41, 5.74) is 2.01. The number of anilines is 2. The second kappa shape index (κ2) is 12.1. The van der Waals surface area contributed by atoms with Crippen LogP contribution >= 0.6 is 22.9 Å². The summed E-state index contributed by atoms with van der Waals surface area (Å²) in [6.45, 7) is 1.79. The third-order valence-corrected chi connectivity index (χ3v) is 8.46. The Bertz CT molecular complexity index is 1520. The smallest absolute Gasteiger partial charge is 0.406 e. The summed E-state index contributed by atoms with van der Waals surface area (Å²) >= 11 is 7.41. The van der Waals surface area contributed by atoms with Crippen molar-refractivity contribution in [1.82, 2.24) is 0 Å². The Morgan fingerprint density at radius 1 is 1.18 bits per heavy atom. The minimum absolute atomic E-state index is 0.188. The molecule has 4 rings (SSSR count). The zero-order chi connectivity index (χ0) is 29.1. The average molecular weight is 616 g/mol. The third-order valence-electron chi connectivity index (χ3n) is 5.89. The van der Waals surface area contributed by atoms with Crippen molar-refractivity contribution in [3.05, 3.63) is 81.8 Å². The number of allylic oxidation sites excluding steroid dienone is 1. The second-order valence-corrected chi connectivity index (χ2v) is 11.9. The number of aryl methyl sites for hydroxylation is 1. The fraction of sp³-hybridized carbons (Fsp3) is 0.296. The number of alkyl halides is 3. The number of carbonyl (C=O) groups excluding carboxylic acids is 1. The molecule has 0 radical (unpaired) electrons. The van der Waals surface area contributed by atoms with E-state index in [1.165, 1.54) is 19.2 Å². The topological polar surface area (TPSA) is 82.1 Å². The van der Waals surface area contributed by atoms with E-state index in [0.29, 0.717) is 27.7 Å². The Labute approximate surface area is 238 Å². The zero-order valence-electron chi connectivity index (χ0n) is 21.4. The van der Waals surface area contributed by atoms with Gasteiger partial charge in [-0.3, -0.25) is 0 Å². The van der Waals surface area contributed by atoms with Gasteiger partial charge in [0, 0.05) is 28.9 Å². The van der Waals surface area contributed by atoms with Crippen molar-refractivity contribution < 1.29 is 40.0 Å².